The molecule has 0 aromatic heterocycles. The summed E-state index contributed by atoms with van der Waals surface area (Å²) in [5.41, 5.74) is -0.193. The number of alkyl halides is 2. The van der Waals surface area contributed by atoms with E-state index in [0.29, 0.717) is 31.5 Å². The number of amides is 1. The van der Waals surface area contributed by atoms with Gasteiger partial charge in [0.05, 0.1) is 18.0 Å². The van der Waals surface area contributed by atoms with E-state index < -0.39 is 5.76 Å². The van der Waals surface area contributed by atoms with Gasteiger partial charge < -0.3 is 9.64 Å². The molecule has 1 amide bonds. The van der Waals surface area contributed by atoms with Crippen molar-refractivity contribution in [2.45, 2.75) is 43.5 Å². The Kier molecular flexibility index (Phi) is 4.84. The van der Waals surface area contributed by atoms with Crippen LogP contribution in [0.25, 0.3) is 0 Å². The molecule has 104 valence electrons. The zero-order valence-electron chi connectivity index (χ0n) is 10.4. The van der Waals surface area contributed by atoms with Gasteiger partial charge in [-0.25, -0.2) is 0 Å². The van der Waals surface area contributed by atoms with Crippen molar-refractivity contribution in [2.75, 3.05) is 25.4 Å². The molecule has 3 nitrogen and oxygen atoms in total. The van der Waals surface area contributed by atoms with Crippen LogP contribution in [-0.2, 0) is 9.53 Å². The monoisotopic (exact) mass is 279 g/mol. The molecule has 0 N–H and O–H groups in total. The van der Waals surface area contributed by atoms with Crippen molar-refractivity contribution < 1.29 is 18.3 Å². The van der Waals surface area contributed by atoms with E-state index in [-0.39, 0.29) is 17.3 Å². The highest BCUT2D eigenvalue weighted by Crippen LogP contribution is 2.34. The quantitative estimate of drug-likeness (QED) is 0.795. The summed E-state index contributed by atoms with van der Waals surface area (Å²) in [4.78, 5) is 13.5. The summed E-state index contributed by atoms with van der Waals surface area (Å²) in [6.07, 6.45) is 5.46. The first-order valence-electron chi connectivity index (χ1n) is 6.43. The predicted molar refractivity (Wildman–Crippen MR) is 66.8 cm³/mol. The SMILES string of the molecule is O=C(CSC(F)F)N1CCOC2(CCCCC2)C1. The van der Waals surface area contributed by atoms with Gasteiger partial charge in [-0.15, -0.1) is 0 Å². The molecule has 0 atom stereocenters. The minimum absolute atomic E-state index is 0.131. The van der Waals surface area contributed by atoms with E-state index >= 15 is 0 Å². The fourth-order valence-corrected chi connectivity index (χ4v) is 3.23. The molecular weight excluding hydrogens is 260 g/mol. The lowest BCUT2D eigenvalue weighted by Gasteiger charge is -2.45. The summed E-state index contributed by atoms with van der Waals surface area (Å²) < 4.78 is 30.0. The molecule has 0 radical (unpaired) electrons. The summed E-state index contributed by atoms with van der Waals surface area (Å²) in [6.45, 7) is 1.64. The molecular formula is C12H19F2NO2S. The lowest BCUT2D eigenvalue weighted by molar-refractivity contribution is -0.154. The van der Waals surface area contributed by atoms with E-state index in [1.807, 2.05) is 0 Å². The van der Waals surface area contributed by atoms with Crippen LogP contribution in [0.15, 0.2) is 0 Å². The van der Waals surface area contributed by atoms with Crippen LogP contribution in [0.4, 0.5) is 8.78 Å². The second-order valence-electron chi connectivity index (χ2n) is 4.98. The first-order valence-corrected chi connectivity index (χ1v) is 7.48. The van der Waals surface area contributed by atoms with Crippen LogP contribution in [0, 0.1) is 0 Å². The highest BCUT2D eigenvalue weighted by molar-refractivity contribution is 8.00. The van der Waals surface area contributed by atoms with E-state index in [0.717, 1.165) is 25.7 Å². The summed E-state index contributed by atoms with van der Waals surface area (Å²) in [5, 5.41) is 0. The summed E-state index contributed by atoms with van der Waals surface area (Å²) in [5.74, 6) is -2.79. The van der Waals surface area contributed by atoms with Gasteiger partial charge in [-0.05, 0) is 12.8 Å². The Bertz CT molecular complexity index is 290. The molecule has 2 aliphatic rings. The third-order valence-electron chi connectivity index (χ3n) is 3.70. The van der Waals surface area contributed by atoms with E-state index in [9.17, 15) is 13.6 Å². The average molecular weight is 279 g/mol. The number of ether oxygens (including phenoxy) is 1. The second-order valence-corrected chi connectivity index (χ2v) is 5.96. The molecule has 1 heterocycles. The van der Waals surface area contributed by atoms with Crippen LogP contribution in [0.1, 0.15) is 32.1 Å². The minimum Gasteiger partial charge on any atom is -0.371 e. The van der Waals surface area contributed by atoms with E-state index in [1.165, 1.54) is 6.42 Å². The molecule has 2 rings (SSSR count). The van der Waals surface area contributed by atoms with Crippen molar-refractivity contribution in [3.63, 3.8) is 0 Å². The predicted octanol–water partition coefficient (Wildman–Crippen LogP) is 2.50. The molecule has 0 bridgehead atoms. The topological polar surface area (TPSA) is 29.5 Å². The van der Waals surface area contributed by atoms with Gasteiger partial charge in [-0.2, -0.15) is 8.78 Å². The van der Waals surface area contributed by atoms with Gasteiger partial charge in [0, 0.05) is 13.1 Å². The molecule has 1 aliphatic carbocycles. The van der Waals surface area contributed by atoms with Gasteiger partial charge in [0.2, 0.25) is 5.91 Å². The van der Waals surface area contributed by atoms with Crippen molar-refractivity contribution in [1.82, 2.24) is 4.90 Å². The van der Waals surface area contributed by atoms with Gasteiger partial charge in [0.25, 0.3) is 5.76 Å². The van der Waals surface area contributed by atoms with Gasteiger partial charge in [0.1, 0.15) is 0 Å². The molecule has 1 saturated carbocycles. The summed E-state index contributed by atoms with van der Waals surface area (Å²) in [6, 6.07) is 0. The molecule has 1 aliphatic heterocycles. The lowest BCUT2D eigenvalue weighted by atomic mass is 9.83. The largest absolute Gasteiger partial charge is 0.371 e. The molecule has 18 heavy (non-hydrogen) atoms. The molecule has 0 aromatic carbocycles. The first kappa shape index (κ1) is 14.1. The Morgan fingerprint density at radius 3 is 2.72 bits per heavy atom. The lowest BCUT2D eigenvalue weighted by Crippen LogP contribution is -2.54. The maximum absolute atomic E-state index is 12.1. The second kappa shape index (κ2) is 6.19. The van der Waals surface area contributed by atoms with Gasteiger partial charge in [-0.3, -0.25) is 4.79 Å². The van der Waals surface area contributed by atoms with E-state index in [2.05, 4.69) is 0 Å². The van der Waals surface area contributed by atoms with Crippen LogP contribution in [0.5, 0.6) is 0 Å². The molecule has 1 spiro atoms. The Hall–Kier alpha value is -0.360. The molecule has 2 fully saturated rings. The number of carbonyl (C=O) groups is 1. The van der Waals surface area contributed by atoms with E-state index in [4.69, 9.17) is 4.74 Å². The fraction of sp³-hybridized carbons (Fsp3) is 0.917. The molecule has 1 saturated heterocycles. The number of halogens is 2. The zero-order chi connectivity index (χ0) is 13.0. The summed E-state index contributed by atoms with van der Waals surface area (Å²) in [7, 11) is 0. The Labute approximate surface area is 110 Å². The molecule has 0 unspecified atom stereocenters. The molecule has 0 aromatic rings. The first-order chi connectivity index (χ1) is 8.61. The standard InChI is InChI=1S/C12H19F2NO2S/c13-11(14)18-8-10(16)15-6-7-17-12(9-15)4-2-1-3-5-12/h11H,1-9H2. The van der Waals surface area contributed by atoms with Gasteiger partial charge >= 0.3 is 0 Å². The number of carbonyl (C=O) groups excluding carboxylic acids is 1. The number of nitrogens with zero attached hydrogens (tertiary/aromatic N) is 1. The van der Waals surface area contributed by atoms with Crippen molar-refractivity contribution in [1.29, 1.82) is 0 Å². The minimum atomic E-state index is -2.47. The van der Waals surface area contributed by atoms with Crippen LogP contribution in [0.2, 0.25) is 0 Å². The van der Waals surface area contributed by atoms with Crippen LogP contribution < -0.4 is 0 Å². The Morgan fingerprint density at radius 2 is 2.06 bits per heavy atom. The maximum atomic E-state index is 12.1. The van der Waals surface area contributed by atoms with Crippen LogP contribution >= 0.6 is 11.8 Å². The zero-order valence-corrected chi connectivity index (χ0v) is 11.2. The van der Waals surface area contributed by atoms with Crippen molar-refractivity contribution in [3.8, 4) is 0 Å². The highest BCUT2D eigenvalue weighted by atomic mass is 32.2. The number of hydrogen-bond donors (Lipinski definition) is 0. The third-order valence-corrected chi connectivity index (χ3v) is 4.36. The number of morpholine rings is 1. The smallest absolute Gasteiger partial charge is 0.285 e. The Balaban J connectivity index is 1.87. The summed E-state index contributed by atoms with van der Waals surface area (Å²) >= 11 is 0.403. The fourth-order valence-electron chi connectivity index (χ4n) is 2.78. The normalized spacial score (nSPS) is 23.6. The van der Waals surface area contributed by atoms with Crippen molar-refractivity contribution in [3.05, 3.63) is 0 Å². The van der Waals surface area contributed by atoms with Crippen molar-refractivity contribution in [2.24, 2.45) is 0 Å². The van der Waals surface area contributed by atoms with Crippen LogP contribution in [-0.4, -0.2) is 47.6 Å². The number of hydrogen-bond acceptors (Lipinski definition) is 3. The van der Waals surface area contributed by atoms with Crippen LogP contribution in [0.3, 0.4) is 0 Å². The number of rotatable bonds is 3. The maximum Gasteiger partial charge on any atom is 0.285 e. The average Bonchev–Trinajstić information content (AvgIpc) is 2.37. The molecule has 6 heteroatoms. The van der Waals surface area contributed by atoms with E-state index in [1.54, 1.807) is 4.90 Å². The third kappa shape index (κ3) is 3.57. The number of thioether (sulfide) groups is 1. The van der Waals surface area contributed by atoms with Gasteiger partial charge in [0.15, 0.2) is 0 Å². The van der Waals surface area contributed by atoms with Crippen molar-refractivity contribution >= 4 is 17.7 Å². The van der Waals surface area contributed by atoms with Gasteiger partial charge in [-0.1, -0.05) is 31.0 Å². The highest BCUT2D eigenvalue weighted by Gasteiger charge is 2.39. The Morgan fingerprint density at radius 1 is 1.33 bits per heavy atom.